The minimum absolute atomic E-state index is 0.00594. The number of nitrogens with one attached hydrogen (secondary N) is 1. The molecule has 34 heavy (non-hydrogen) atoms. The molecule has 174 valence electrons. The van der Waals surface area contributed by atoms with Crippen LogP contribution in [0.1, 0.15) is 21.9 Å². The Morgan fingerprint density at radius 2 is 1.91 bits per heavy atom. The molecule has 0 saturated heterocycles. The average Bonchev–Trinajstić information content (AvgIpc) is 3.41. The molecule has 0 bridgehead atoms. The first kappa shape index (κ1) is 21.3. The van der Waals surface area contributed by atoms with Crippen LogP contribution in [0.2, 0.25) is 0 Å². The van der Waals surface area contributed by atoms with Gasteiger partial charge in [-0.3, -0.25) is 4.79 Å². The number of anilines is 2. The highest BCUT2D eigenvalue weighted by atomic mass is 16.6. The second kappa shape index (κ2) is 8.77. The van der Waals surface area contributed by atoms with Gasteiger partial charge in [0.05, 0.1) is 13.7 Å². The van der Waals surface area contributed by atoms with Gasteiger partial charge in [-0.2, -0.15) is 0 Å². The minimum Gasteiger partial charge on any atom is -0.497 e. The number of nitrogens with two attached hydrogens (primary N) is 1. The molecule has 11 heteroatoms. The molecule has 2 aromatic heterocycles. The minimum atomic E-state index is -0.490. The maximum Gasteiger partial charge on any atom is 0.280 e. The standard InChI is InChI=1S/C23H22N6O5/c1-13-17(26-23(34-13)14-3-6-16(31-2)7-4-14)12-29-21(24)20(27-28-29)22(30)25-15-5-8-18-19(11-15)33-10-9-32-18/h3-8,11H,9-10,12,24H2,1-2H3,(H,25,30). The topological polar surface area (TPSA) is 140 Å². The third-order valence-corrected chi connectivity index (χ3v) is 5.32. The van der Waals surface area contributed by atoms with E-state index in [2.05, 4.69) is 20.6 Å². The number of oxazole rings is 1. The van der Waals surface area contributed by atoms with Crippen LogP contribution in [0.5, 0.6) is 17.2 Å². The van der Waals surface area contributed by atoms with Gasteiger partial charge in [0.15, 0.2) is 23.0 Å². The lowest BCUT2D eigenvalue weighted by Gasteiger charge is -2.18. The Morgan fingerprint density at radius 1 is 1.15 bits per heavy atom. The van der Waals surface area contributed by atoms with Gasteiger partial charge in [0.2, 0.25) is 5.89 Å². The number of rotatable bonds is 6. The number of nitrogens with zero attached hydrogens (tertiary/aromatic N) is 4. The summed E-state index contributed by atoms with van der Waals surface area (Å²) in [6.07, 6.45) is 0. The van der Waals surface area contributed by atoms with Crippen LogP contribution in [0.3, 0.4) is 0 Å². The summed E-state index contributed by atoms with van der Waals surface area (Å²) in [5.41, 5.74) is 8.14. The van der Waals surface area contributed by atoms with Crippen LogP contribution in [0.15, 0.2) is 46.9 Å². The fourth-order valence-corrected chi connectivity index (χ4v) is 3.48. The Balaban J connectivity index is 1.31. The first-order chi connectivity index (χ1) is 16.5. The van der Waals surface area contributed by atoms with E-state index in [1.165, 1.54) is 4.68 Å². The summed E-state index contributed by atoms with van der Waals surface area (Å²) in [5.74, 6) is 2.64. The number of benzene rings is 2. The molecule has 0 atom stereocenters. The monoisotopic (exact) mass is 462 g/mol. The van der Waals surface area contributed by atoms with Crippen molar-refractivity contribution < 1.29 is 23.4 Å². The summed E-state index contributed by atoms with van der Waals surface area (Å²) < 4.78 is 23.4. The summed E-state index contributed by atoms with van der Waals surface area (Å²) in [5, 5.41) is 10.7. The van der Waals surface area contributed by atoms with Crippen LogP contribution in [0.4, 0.5) is 11.5 Å². The van der Waals surface area contributed by atoms with Gasteiger partial charge in [0, 0.05) is 17.3 Å². The number of aryl methyl sites for hydroxylation is 1. The average molecular weight is 462 g/mol. The molecular weight excluding hydrogens is 440 g/mol. The lowest BCUT2D eigenvalue weighted by atomic mass is 10.2. The molecule has 0 fully saturated rings. The Morgan fingerprint density at radius 3 is 2.68 bits per heavy atom. The smallest absolute Gasteiger partial charge is 0.280 e. The van der Waals surface area contributed by atoms with E-state index in [-0.39, 0.29) is 18.1 Å². The molecule has 0 radical (unpaired) electrons. The molecule has 3 heterocycles. The van der Waals surface area contributed by atoms with Crippen LogP contribution >= 0.6 is 0 Å². The van der Waals surface area contributed by atoms with Gasteiger partial charge < -0.3 is 29.7 Å². The summed E-state index contributed by atoms with van der Waals surface area (Å²) in [4.78, 5) is 17.3. The van der Waals surface area contributed by atoms with Crippen LogP contribution < -0.4 is 25.3 Å². The zero-order valence-corrected chi connectivity index (χ0v) is 18.6. The van der Waals surface area contributed by atoms with Crippen molar-refractivity contribution in [3.05, 3.63) is 59.6 Å². The number of carbonyl (C=O) groups is 1. The lowest BCUT2D eigenvalue weighted by Crippen LogP contribution is -2.17. The van der Waals surface area contributed by atoms with E-state index in [0.29, 0.717) is 47.7 Å². The molecular formula is C23H22N6O5. The Hall–Kier alpha value is -4.54. The van der Waals surface area contributed by atoms with Crippen LogP contribution in [-0.4, -0.2) is 46.2 Å². The summed E-state index contributed by atoms with van der Waals surface area (Å²) in [7, 11) is 1.61. The second-order valence-corrected chi connectivity index (χ2v) is 7.54. The highest BCUT2D eigenvalue weighted by Crippen LogP contribution is 2.33. The number of ether oxygens (including phenoxy) is 3. The van der Waals surface area contributed by atoms with Crippen LogP contribution in [0, 0.1) is 6.92 Å². The van der Waals surface area contributed by atoms with Gasteiger partial charge in [-0.25, -0.2) is 9.67 Å². The fraction of sp³-hybridized carbons (Fsp3) is 0.217. The third kappa shape index (κ3) is 4.10. The Bertz CT molecular complexity index is 1340. The van der Waals surface area contributed by atoms with Crippen molar-refractivity contribution in [2.75, 3.05) is 31.4 Å². The highest BCUT2D eigenvalue weighted by molar-refractivity contribution is 6.05. The summed E-state index contributed by atoms with van der Waals surface area (Å²) in [6.45, 7) is 2.94. The molecule has 4 aromatic rings. The molecule has 0 aliphatic carbocycles. The van der Waals surface area contributed by atoms with Gasteiger partial charge in [0.1, 0.15) is 30.4 Å². The predicted octanol–water partition coefficient (Wildman–Crippen LogP) is 2.90. The third-order valence-electron chi connectivity index (χ3n) is 5.32. The van der Waals surface area contributed by atoms with E-state index in [1.807, 2.05) is 24.3 Å². The maximum absolute atomic E-state index is 12.8. The van der Waals surface area contributed by atoms with Crippen LogP contribution in [-0.2, 0) is 6.54 Å². The van der Waals surface area contributed by atoms with Gasteiger partial charge in [-0.1, -0.05) is 5.21 Å². The van der Waals surface area contributed by atoms with Crippen molar-refractivity contribution in [2.45, 2.75) is 13.5 Å². The quantitative estimate of drug-likeness (QED) is 0.442. The summed E-state index contributed by atoms with van der Waals surface area (Å²) >= 11 is 0. The maximum atomic E-state index is 12.8. The van der Waals surface area contributed by atoms with Crippen molar-refractivity contribution in [3.63, 3.8) is 0 Å². The number of hydrogen-bond donors (Lipinski definition) is 2. The zero-order chi connectivity index (χ0) is 23.7. The molecule has 1 aliphatic heterocycles. The highest BCUT2D eigenvalue weighted by Gasteiger charge is 2.21. The van der Waals surface area contributed by atoms with E-state index < -0.39 is 5.91 Å². The van der Waals surface area contributed by atoms with E-state index in [4.69, 9.17) is 24.4 Å². The molecule has 2 aromatic carbocycles. The number of nitrogen functional groups attached to an aromatic ring is 1. The fourth-order valence-electron chi connectivity index (χ4n) is 3.48. The van der Waals surface area contributed by atoms with Crippen molar-refractivity contribution in [1.82, 2.24) is 20.0 Å². The first-order valence-electron chi connectivity index (χ1n) is 10.5. The Labute approximate surface area is 194 Å². The molecule has 1 amide bonds. The van der Waals surface area contributed by atoms with Crippen molar-refractivity contribution >= 4 is 17.4 Å². The molecule has 0 saturated carbocycles. The number of methoxy groups -OCH3 is 1. The van der Waals surface area contributed by atoms with Crippen molar-refractivity contribution in [1.29, 1.82) is 0 Å². The number of fused-ring (bicyclic) bond motifs is 1. The normalized spacial score (nSPS) is 12.4. The predicted molar refractivity (Wildman–Crippen MR) is 122 cm³/mol. The van der Waals surface area contributed by atoms with E-state index in [1.54, 1.807) is 32.2 Å². The number of amides is 1. The van der Waals surface area contributed by atoms with Crippen molar-refractivity contribution in [3.8, 4) is 28.7 Å². The Kier molecular flexibility index (Phi) is 5.50. The van der Waals surface area contributed by atoms with Crippen molar-refractivity contribution in [2.24, 2.45) is 0 Å². The molecule has 11 nitrogen and oxygen atoms in total. The molecule has 3 N–H and O–H groups in total. The van der Waals surface area contributed by atoms with Gasteiger partial charge >= 0.3 is 0 Å². The van der Waals surface area contributed by atoms with Gasteiger partial charge in [0.25, 0.3) is 5.91 Å². The number of carbonyl (C=O) groups excluding carboxylic acids is 1. The van der Waals surface area contributed by atoms with Gasteiger partial charge in [-0.15, -0.1) is 5.10 Å². The van der Waals surface area contributed by atoms with Gasteiger partial charge in [-0.05, 0) is 43.3 Å². The largest absolute Gasteiger partial charge is 0.497 e. The number of hydrogen-bond acceptors (Lipinski definition) is 9. The molecule has 0 spiro atoms. The zero-order valence-electron chi connectivity index (χ0n) is 18.6. The number of aromatic nitrogens is 4. The first-order valence-corrected chi connectivity index (χ1v) is 10.5. The van der Waals surface area contributed by atoms with Crippen LogP contribution in [0.25, 0.3) is 11.5 Å². The summed E-state index contributed by atoms with van der Waals surface area (Å²) in [6, 6.07) is 12.5. The SMILES string of the molecule is COc1ccc(-c2nc(Cn3nnc(C(=O)Nc4ccc5c(c4)OCCO5)c3N)c(C)o2)cc1. The second-order valence-electron chi connectivity index (χ2n) is 7.54. The van der Waals surface area contributed by atoms with E-state index in [0.717, 1.165) is 11.3 Å². The molecule has 1 aliphatic rings. The molecule has 5 rings (SSSR count). The lowest BCUT2D eigenvalue weighted by molar-refractivity contribution is 0.102. The molecule has 0 unspecified atom stereocenters. The van der Waals surface area contributed by atoms with E-state index >= 15 is 0 Å². The van der Waals surface area contributed by atoms with E-state index in [9.17, 15) is 4.79 Å².